The molecular formula is C12H10ClN3O6S. The molecule has 0 fully saturated rings. The average Bonchev–Trinajstić information content (AvgIpc) is 2.96. The van der Waals surface area contributed by atoms with E-state index in [1.807, 2.05) is 0 Å². The first-order valence-corrected chi connectivity index (χ1v) is 7.17. The van der Waals surface area contributed by atoms with E-state index in [1.165, 1.54) is 20.3 Å². The largest absolute Gasteiger partial charge is 0.493 e. The Kier molecular flexibility index (Phi) is 5.29. The van der Waals surface area contributed by atoms with Crippen LogP contribution in [-0.4, -0.2) is 34.7 Å². The van der Waals surface area contributed by atoms with Crippen LogP contribution in [0.5, 0.6) is 11.5 Å². The Balaban J connectivity index is 2.30. The highest BCUT2D eigenvalue weighted by Gasteiger charge is 2.26. The molecular weight excluding hydrogens is 350 g/mol. The lowest BCUT2D eigenvalue weighted by atomic mass is 10.1. The normalized spacial score (nSPS) is 10.2. The molecule has 0 saturated carbocycles. The second-order valence-corrected chi connectivity index (χ2v) is 5.41. The van der Waals surface area contributed by atoms with E-state index < -0.39 is 16.6 Å². The third kappa shape index (κ3) is 3.66. The first-order valence-electron chi connectivity index (χ1n) is 6.02. The average molecular weight is 360 g/mol. The molecule has 0 amide bonds. The van der Waals surface area contributed by atoms with Crippen molar-refractivity contribution in [3.63, 3.8) is 0 Å². The van der Waals surface area contributed by atoms with Crippen molar-refractivity contribution in [3.8, 4) is 11.5 Å². The van der Waals surface area contributed by atoms with Crippen molar-refractivity contribution in [3.05, 3.63) is 37.8 Å². The number of halogens is 1. The Morgan fingerprint density at radius 1 is 1.35 bits per heavy atom. The number of ether oxygens (including phenoxy) is 3. The summed E-state index contributed by atoms with van der Waals surface area (Å²) in [5, 5.41) is 14.8. The molecule has 2 aromatic rings. The number of nitrogens with zero attached hydrogens (tertiary/aromatic N) is 3. The molecule has 0 aliphatic carbocycles. The van der Waals surface area contributed by atoms with Gasteiger partial charge in [-0.05, 0) is 0 Å². The highest BCUT2D eigenvalue weighted by molar-refractivity contribution is 7.10. The van der Waals surface area contributed by atoms with Gasteiger partial charge in [0.05, 0.1) is 25.2 Å². The Labute approximate surface area is 139 Å². The number of hydrogen-bond acceptors (Lipinski definition) is 9. The maximum absolute atomic E-state index is 12.1. The summed E-state index contributed by atoms with van der Waals surface area (Å²) in [5.41, 5.74) is -0.463. The molecule has 0 aliphatic heterocycles. The van der Waals surface area contributed by atoms with Gasteiger partial charge in [0.2, 0.25) is 0 Å². The number of benzene rings is 1. The molecule has 0 N–H and O–H groups in total. The molecule has 0 bridgehead atoms. The van der Waals surface area contributed by atoms with E-state index in [1.54, 1.807) is 0 Å². The Morgan fingerprint density at radius 2 is 2.00 bits per heavy atom. The monoisotopic (exact) mass is 359 g/mol. The van der Waals surface area contributed by atoms with Gasteiger partial charge in [0.25, 0.3) is 5.69 Å². The lowest BCUT2D eigenvalue weighted by Gasteiger charge is -2.10. The second kappa shape index (κ2) is 7.20. The van der Waals surface area contributed by atoms with Crippen molar-refractivity contribution >= 4 is 34.8 Å². The number of nitro benzene ring substituents is 1. The summed E-state index contributed by atoms with van der Waals surface area (Å²) in [4.78, 5) is 22.6. The van der Waals surface area contributed by atoms with E-state index in [-0.39, 0.29) is 33.7 Å². The lowest BCUT2D eigenvalue weighted by molar-refractivity contribution is -0.385. The molecule has 23 heavy (non-hydrogen) atoms. The highest BCUT2D eigenvalue weighted by atomic mass is 35.5. The summed E-state index contributed by atoms with van der Waals surface area (Å²) in [6, 6.07) is 2.27. The molecule has 1 heterocycles. The van der Waals surface area contributed by atoms with Gasteiger partial charge in [-0.3, -0.25) is 10.1 Å². The molecule has 0 atom stereocenters. The van der Waals surface area contributed by atoms with Crippen LogP contribution >= 0.6 is 23.1 Å². The van der Waals surface area contributed by atoms with Crippen LogP contribution in [0.3, 0.4) is 0 Å². The van der Waals surface area contributed by atoms with E-state index in [9.17, 15) is 14.9 Å². The van der Waals surface area contributed by atoms with E-state index in [0.717, 1.165) is 17.6 Å². The molecule has 0 radical (unpaired) electrons. The minimum absolute atomic E-state index is 0.127. The molecule has 0 spiro atoms. The third-order valence-electron chi connectivity index (χ3n) is 2.77. The molecule has 122 valence electrons. The zero-order valence-corrected chi connectivity index (χ0v) is 13.5. The van der Waals surface area contributed by atoms with Crippen molar-refractivity contribution in [1.29, 1.82) is 0 Å². The minimum atomic E-state index is -0.915. The predicted octanol–water partition coefficient (Wildman–Crippen LogP) is 2.47. The number of rotatable bonds is 6. The number of methoxy groups -OCH3 is 2. The van der Waals surface area contributed by atoms with Crippen LogP contribution in [0.25, 0.3) is 0 Å². The van der Waals surface area contributed by atoms with Gasteiger partial charge >= 0.3 is 5.97 Å². The fraction of sp³-hybridized carbons (Fsp3) is 0.250. The van der Waals surface area contributed by atoms with Gasteiger partial charge in [-0.1, -0.05) is 16.1 Å². The van der Waals surface area contributed by atoms with Gasteiger partial charge in [0.1, 0.15) is 22.2 Å². The molecule has 0 saturated heterocycles. The van der Waals surface area contributed by atoms with Crippen molar-refractivity contribution in [2.45, 2.75) is 6.61 Å². The zero-order chi connectivity index (χ0) is 17.0. The third-order valence-corrected chi connectivity index (χ3v) is 3.75. The number of aromatic nitrogens is 2. The summed E-state index contributed by atoms with van der Waals surface area (Å²) in [7, 11) is 2.68. The Morgan fingerprint density at radius 3 is 2.52 bits per heavy atom. The van der Waals surface area contributed by atoms with Gasteiger partial charge in [0, 0.05) is 17.6 Å². The second-order valence-electron chi connectivity index (χ2n) is 4.05. The fourth-order valence-electron chi connectivity index (χ4n) is 1.68. The quantitative estimate of drug-likeness (QED) is 0.439. The summed E-state index contributed by atoms with van der Waals surface area (Å²) in [6.45, 7) is -0.250. The van der Waals surface area contributed by atoms with Crippen LogP contribution in [0.1, 0.15) is 16.1 Å². The summed E-state index contributed by atoms with van der Waals surface area (Å²) >= 11 is 6.73. The number of nitro groups is 1. The van der Waals surface area contributed by atoms with Crippen LogP contribution in [0.4, 0.5) is 5.69 Å². The lowest BCUT2D eigenvalue weighted by Crippen LogP contribution is -2.09. The molecule has 2 rings (SSSR count). The molecule has 0 unspecified atom stereocenters. The van der Waals surface area contributed by atoms with Crippen LogP contribution in [0.2, 0.25) is 4.34 Å². The Hall–Kier alpha value is -2.46. The summed E-state index contributed by atoms with van der Waals surface area (Å²) in [6.07, 6.45) is 0. The fourth-order valence-corrected chi connectivity index (χ4v) is 2.28. The summed E-state index contributed by atoms with van der Waals surface area (Å²) < 4.78 is 18.9. The van der Waals surface area contributed by atoms with Crippen LogP contribution in [0.15, 0.2) is 12.1 Å². The van der Waals surface area contributed by atoms with Crippen LogP contribution < -0.4 is 9.47 Å². The number of hydrogen-bond donors (Lipinski definition) is 0. The zero-order valence-electron chi connectivity index (χ0n) is 11.9. The number of carbonyl (C=O) groups is 1. The standard InChI is InChI=1S/C12H10ClN3O6S/c1-20-9-3-6(8(16(18)19)4-10(9)21-2)12(17)22-5-7-11(13)23-15-14-7/h3-4H,5H2,1-2H3. The van der Waals surface area contributed by atoms with E-state index in [0.29, 0.717) is 0 Å². The van der Waals surface area contributed by atoms with E-state index in [4.69, 9.17) is 25.8 Å². The summed E-state index contributed by atoms with van der Waals surface area (Å²) in [5.74, 6) is -0.623. The van der Waals surface area contributed by atoms with Crippen molar-refractivity contribution in [1.82, 2.24) is 9.59 Å². The van der Waals surface area contributed by atoms with Crippen molar-refractivity contribution in [2.75, 3.05) is 14.2 Å². The van der Waals surface area contributed by atoms with Gasteiger partial charge in [-0.25, -0.2) is 4.79 Å². The molecule has 0 aliphatic rings. The Bertz CT molecular complexity index is 750. The van der Waals surface area contributed by atoms with Gasteiger partial charge in [0.15, 0.2) is 11.5 Å². The molecule has 1 aromatic carbocycles. The van der Waals surface area contributed by atoms with Gasteiger partial charge < -0.3 is 14.2 Å². The van der Waals surface area contributed by atoms with Crippen LogP contribution in [-0.2, 0) is 11.3 Å². The first-order chi connectivity index (χ1) is 11.0. The maximum atomic E-state index is 12.1. The smallest absolute Gasteiger partial charge is 0.345 e. The highest BCUT2D eigenvalue weighted by Crippen LogP contribution is 2.35. The van der Waals surface area contributed by atoms with Crippen LogP contribution in [0, 0.1) is 10.1 Å². The van der Waals surface area contributed by atoms with Gasteiger partial charge in [-0.15, -0.1) is 5.10 Å². The SMILES string of the molecule is COc1cc(C(=O)OCc2nnsc2Cl)c([N+](=O)[O-])cc1OC. The molecule has 9 nitrogen and oxygen atoms in total. The molecule has 11 heteroatoms. The topological polar surface area (TPSA) is 114 Å². The number of esters is 1. The predicted molar refractivity (Wildman–Crippen MR) is 80.2 cm³/mol. The first kappa shape index (κ1) is 16.9. The maximum Gasteiger partial charge on any atom is 0.345 e. The van der Waals surface area contributed by atoms with Crippen molar-refractivity contribution < 1.29 is 23.9 Å². The minimum Gasteiger partial charge on any atom is -0.493 e. The van der Waals surface area contributed by atoms with E-state index >= 15 is 0 Å². The van der Waals surface area contributed by atoms with E-state index in [2.05, 4.69) is 9.59 Å². The number of carbonyl (C=O) groups excluding carboxylic acids is 1. The molecule has 1 aromatic heterocycles. The van der Waals surface area contributed by atoms with Gasteiger partial charge in [-0.2, -0.15) is 0 Å². The van der Waals surface area contributed by atoms with Crippen molar-refractivity contribution in [2.24, 2.45) is 0 Å².